The molecule has 0 bridgehead atoms. The number of alkyl halides is 3. The van der Waals surface area contributed by atoms with Gasteiger partial charge in [-0.25, -0.2) is 4.98 Å². The Balaban J connectivity index is 2.52. The standard InChI is InChI=1S/C11H14F3N3O/c1-7(2)17-10(18)6-16-9-4-3-8(5-15-9)11(12,13)14/h3-5,7H,6H2,1-2H3,(H,15,16)(H,17,18). The summed E-state index contributed by atoms with van der Waals surface area (Å²) < 4.78 is 36.8. The molecule has 1 amide bonds. The Labute approximate surface area is 103 Å². The number of carbonyl (C=O) groups excluding carboxylic acids is 1. The Morgan fingerprint density at radius 3 is 2.50 bits per heavy atom. The van der Waals surface area contributed by atoms with E-state index in [1.807, 2.05) is 13.8 Å². The van der Waals surface area contributed by atoms with Crippen molar-refractivity contribution in [3.05, 3.63) is 23.9 Å². The summed E-state index contributed by atoms with van der Waals surface area (Å²) in [6, 6.07) is 2.11. The van der Waals surface area contributed by atoms with E-state index in [1.54, 1.807) is 0 Å². The summed E-state index contributed by atoms with van der Waals surface area (Å²) in [6.07, 6.45) is -3.68. The van der Waals surface area contributed by atoms with E-state index in [0.29, 0.717) is 0 Å². The SMILES string of the molecule is CC(C)NC(=O)CNc1ccc(C(F)(F)F)cn1. The number of amides is 1. The first-order valence-electron chi connectivity index (χ1n) is 5.35. The van der Waals surface area contributed by atoms with Gasteiger partial charge in [0.25, 0.3) is 0 Å². The van der Waals surface area contributed by atoms with Crippen molar-refractivity contribution in [2.24, 2.45) is 0 Å². The molecule has 1 rings (SSSR count). The second-order valence-electron chi connectivity index (χ2n) is 4.01. The van der Waals surface area contributed by atoms with Crippen LogP contribution in [0.1, 0.15) is 19.4 Å². The zero-order valence-electron chi connectivity index (χ0n) is 10.0. The zero-order valence-corrected chi connectivity index (χ0v) is 10.0. The van der Waals surface area contributed by atoms with E-state index >= 15 is 0 Å². The van der Waals surface area contributed by atoms with E-state index in [2.05, 4.69) is 15.6 Å². The highest BCUT2D eigenvalue weighted by Crippen LogP contribution is 2.28. The number of rotatable bonds is 4. The lowest BCUT2D eigenvalue weighted by atomic mass is 10.3. The fourth-order valence-electron chi connectivity index (χ4n) is 1.21. The number of pyridine rings is 1. The third kappa shape index (κ3) is 4.60. The lowest BCUT2D eigenvalue weighted by molar-refractivity contribution is -0.137. The summed E-state index contributed by atoms with van der Waals surface area (Å²) in [4.78, 5) is 14.9. The molecule has 0 spiro atoms. The number of carbonyl (C=O) groups is 1. The molecule has 0 fully saturated rings. The van der Waals surface area contributed by atoms with Crippen molar-refractivity contribution in [3.8, 4) is 0 Å². The highest BCUT2D eigenvalue weighted by atomic mass is 19.4. The molecule has 0 aliphatic heterocycles. The monoisotopic (exact) mass is 261 g/mol. The second-order valence-corrected chi connectivity index (χ2v) is 4.01. The molecule has 1 aromatic rings. The van der Waals surface area contributed by atoms with Crippen molar-refractivity contribution in [1.82, 2.24) is 10.3 Å². The van der Waals surface area contributed by atoms with Crippen LogP contribution in [0.2, 0.25) is 0 Å². The molecule has 0 radical (unpaired) electrons. The molecule has 0 saturated heterocycles. The lowest BCUT2D eigenvalue weighted by Crippen LogP contribution is -2.34. The largest absolute Gasteiger partial charge is 0.417 e. The first-order valence-corrected chi connectivity index (χ1v) is 5.35. The van der Waals surface area contributed by atoms with Crippen LogP contribution in [0.25, 0.3) is 0 Å². The highest BCUT2D eigenvalue weighted by molar-refractivity contribution is 5.80. The molecule has 1 aromatic heterocycles. The maximum atomic E-state index is 12.3. The van der Waals surface area contributed by atoms with Crippen LogP contribution >= 0.6 is 0 Å². The van der Waals surface area contributed by atoms with Crippen molar-refractivity contribution in [2.75, 3.05) is 11.9 Å². The van der Waals surface area contributed by atoms with Gasteiger partial charge in [-0.05, 0) is 26.0 Å². The van der Waals surface area contributed by atoms with Gasteiger partial charge in [0.1, 0.15) is 5.82 Å². The van der Waals surface area contributed by atoms with E-state index < -0.39 is 11.7 Å². The van der Waals surface area contributed by atoms with Gasteiger partial charge in [0.05, 0.1) is 12.1 Å². The predicted molar refractivity (Wildman–Crippen MR) is 61.0 cm³/mol. The van der Waals surface area contributed by atoms with Crippen LogP contribution in [-0.4, -0.2) is 23.5 Å². The molecule has 0 atom stereocenters. The van der Waals surface area contributed by atoms with E-state index in [1.165, 1.54) is 6.07 Å². The molecule has 0 aliphatic carbocycles. The molecule has 0 saturated carbocycles. The van der Waals surface area contributed by atoms with E-state index in [-0.39, 0.29) is 24.3 Å². The first-order chi connectivity index (χ1) is 8.29. The van der Waals surface area contributed by atoms with Gasteiger partial charge in [-0.1, -0.05) is 0 Å². The van der Waals surface area contributed by atoms with Crippen LogP contribution < -0.4 is 10.6 Å². The minimum Gasteiger partial charge on any atom is -0.361 e. The smallest absolute Gasteiger partial charge is 0.361 e. The minimum atomic E-state index is -4.40. The Morgan fingerprint density at radius 2 is 2.06 bits per heavy atom. The van der Waals surface area contributed by atoms with Crippen LogP contribution in [0.5, 0.6) is 0 Å². The topological polar surface area (TPSA) is 54.0 Å². The van der Waals surface area contributed by atoms with Gasteiger partial charge in [0.2, 0.25) is 5.91 Å². The summed E-state index contributed by atoms with van der Waals surface area (Å²) in [5, 5.41) is 5.28. The van der Waals surface area contributed by atoms with E-state index in [9.17, 15) is 18.0 Å². The van der Waals surface area contributed by atoms with Gasteiger partial charge in [0, 0.05) is 12.2 Å². The molecule has 0 aromatic carbocycles. The molecule has 0 unspecified atom stereocenters. The molecule has 18 heavy (non-hydrogen) atoms. The summed E-state index contributed by atoms with van der Waals surface area (Å²) in [5.41, 5.74) is -0.820. The fourth-order valence-corrected chi connectivity index (χ4v) is 1.21. The molecule has 0 aliphatic rings. The first kappa shape index (κ1) is 14.3. The molecular formula is C11H14F3N3O. The van der Waals surface area contributed by atoms with Gasteiger partial charge < -0.3 is 10.6 Å². The Hall–Kier alpha value is -1.79. The number of hydrogen-bond acceptors (Lipinski definition) is 3. The van der Waals surface area contributed by atoms with E-state index in [4.69, 9.17) is 0 Å². The average Bonchev–Trinajstić information content (AvgIpc) is 2.25. The van der Waals surface area contributed by atoms with Gasteiger partial charge in [0.15, 0.2) is 0 Å². The Bertz CT molecular complexity index is 401. The van der Waals surface area contributed by atoms with Crippen LogP contribution in [0, 0.1) is 0 Å². The number of hydrogen-bond donors (Lipinski definition) is 2. The van der Waals surface area contributed by atoms with Gasteiger partial charge in [-0.15, -0.1) is 0 Å². The fraction of sp³-hybridized carbons (Fsp3) is 0.455. The lowest BCUT2D eigenvalue weighted by Gasteiger charge is -2.10. The normalized spacial score (nSPS) is 11.4. The molecule has 100 valence electrons. The highest BCUT2D eigenvalue weighted by Gasteiger charge is 2.30. The van der Waals surface area contributed by atoms with Crippen LogP contribution in [0.4, 0.5) is 19.0 Å². The van der Waals surface area contributed by atoms with Crippen molar-refractivity contribution in [3.63, 3.8) is 0 Å². The molecule has 7 heteroatoms. The van der Waals surface area contributed by atoms with Crippen molar-refractivity contribution in [1.29, 1.82) is 0 Å². The molecule has 4 nitrogen and oxygen atoms in total. The van der Waals surface area contributed by atoms with Gasteiger partial charge >= 0.3 is 6.18 Å². The third-order valence-corrected chi connectivity index (χ3v) is 1.97. The number of halogens is 3. The zero-order chi connectivity index (χ0) is 13.8. The van der Waals surface area contributed by atoms with Crippen molar-refractivity contribution < 1.29 is 18.0 Å². The summed E-state index contributed by atoms with van der Waals surface area (Å²) in [5.74, 6) is -0.0198. The summed E-state index contributed by atoms with van der Waals surface area (Å²) >= 11 is 0. The maximum absolute atomic E-state index is 12.3. The van der Waals surface area contributed by atoms with E-state index in [0.717, 1.165) is 12.3 Å². The molecule has 1 heterocycles. The Morgan fingerprint density at radius 1 is 1.39 bits per heavy atom. The summed E-state index contributed by atoms with van der Waals surface area (Å²) in [7, 11) is 0. The third-order valence-electron chi connectivity index (χ3n) is 1.97. The van der Waals surface area contributed by atoms with Crippen LogP contribution in [-0.2, 0) is 11.0 Å². The van der Waals surface area contributed by atoms with Gasteiger partial charge in [-0.3, -0.25) is 4.79 Å². The molecular weight excluding hydrogens is 247 g/mol. The van der Waals surface area contributed by atoms with Crippen LogP contribution in [0.3, 0.4) is 0 Å². The minimum absolute atomic E-state index is 0.0138. The number of nitrogens with one attached hydrogen (secondary N) is 2. The average molecular weight is 261 g/mol. The predicted octanol–water partition coefficient (Wildman–Crippen LogP) is 2.04. The van der Waals surface area contributed by atoms with Gasteiger partial charge in [-0.2, -0.15) is 13.2 Å². The van der Waals surface area contributed by atoms with Crippen molar-refractivity contribution >= 4 is 11.7 Å². The second kappa shape index (κ2) is 5.70. The summed E-state index contributed by atoms with van der Waals surface area (Å²) in [6.45, 7) is 3.60. The quantitative estimate of drug-likeness (QED) is 0.872. The number of nitrogens with zero attached hydrogens (tertiary/aromatic N) is 1. The van der Waals surface area contributed by atoms with Crippen LogP contribution in [0.15, 0.2) is 18.3 Å². The molecule has 2 N–H and O–H groups in total. The number of aromatic nitrogens is 1. The number of anilines is 1. The maximum Gasteiger partial charge on any atom is 0.417 e. The Kier molecular flexibility index (Phi) is 4.52. The van der Waals surface area contributed by atoms with Crippen molar-refractivity contribution in [2.45, 2.75) is 26.1 Å².